The van der Waals surface area contributed by atoms with Crippen LogP contribution in [0, 0.1) is 0 Å². The van der Waals surface area contributed by atoms with Gasteiger partial charge in [-0.1, -0.05) is 25.1 Å². The van der Waals surface area contributed by atoms with Crippen LogP contribution in [0.2, 0.25) is 0 Å². The van der Waals surface area contributed by atoms with Crippen molar-refractivity contribution >= 4 is 25.7 Å². The number of benzene rings is 1. The molecule has 0 fully saturated rings. The third kappa shape index (κ3) is 3.19. The van der Waals surface area contributed by atoms with Crippen LogP contribution in [-0.4, -0.2) is 29.3 Å². The summed E-state index contributed by atoms with van der Waals surface area (Å²) in [6, 6.07) is 6.54. The third-order valence-corrected chi connectivity index (χ3v) is 5.39. The summed E-state index contributed by atoms with van der Waals surface area (Å²) in [5, 5.41) is 0. The number of aryl methyl sites for hydroxylation is 1. The molecule has 0 aliphatic rings. The summed E-state index contributed by atoms with van der Waals surface area (Å²) >= 11 is 0. The van der Waals surface area contributed by atoms with Gasteiger partial charge in [-0.05, 0) is 18.1 Å². The van der Waals surface area contributed by atoms with Crippen LogP contribution in [0.5, 0.6) is 0 Å². The zero-order valence-corrected chi connectivity index (χ0v) is 11.5. The molecule has 0 atom stereocenters. The van der Waals surface area contributed by atoms with Gasteiger partial charge in [0.15, 0.2) is 0 Å². The number of hydrogen-bond donors (Lipinski definition) is 0. The molecule has 0 unspecified atom stereocenters. The number of hydrogen-bond acceptors (Lipinski definition) is 4. The van der Waals surface area contributed by atoms with Crippen LogP contribution in [-0.2, 0) is 26.5 Å². The zero-order valence-electron chi connectivity index (χ0n) is 9.91. The van der Waals surface area contributed by atoms with Gasteiger partial charge in [-0.2, -0.15) is 3.71 Å². The minimum absolute atomic E-state index is 0.194. The van der Waals surface area contributed by atoms with Gasteiger partial charge in [0.05, 0.1) is 18.2 Å². The number of anilines is 1. The molecule has 0 bridgehead atoms. The zero-order chi connectivity index (χ0) is 13.3. The molecule has 0 aromatic heterocycles. The Kier molecular flexibility index (Phi) is 3.83. The van der Waals surface area contributed by atoms with E-state index in [0.717, 1.165) is 12.5 Å². The van der Waals surface area contributed by atoms with Gasteiger partial charge in [0, 0.05) is 0 Å². The molecule has 96 valence electrons. The SMILES string of the molecule is CCc1ccccc1N(S(C)(=O)=O)S(C)(=O)=O. The highest BCUT2D eigenvalue weighted by Crippen LogP contribution is 2.25. The highest BCUT2D eigenvalue weighted by Gasteiger charge is 2.28. The largest absolute Gasteiger partial charge is 0.245 e. The fraction of sp³-hybridized carbons (Fsp3) is 0.400. The lowest BCUT2D eigenvalue weighted by atomic mass is 10.1. The van der Waals surface area contributed by atoms with Crippen molar-refractivity contribution in [3.05, 3.63) is 29.8 Å². The Morgan fingerprint density at radius 1 is 1.00 bits per heavy atom. The van der Waals surface area contributed by atoms with Crippen molar-refractivity contribution in [2.45, 2.75) is 13.3 Å². The fourth-order valence-corrected chi connectivity index (χ4v) is 4.63. The van der Waals surface area contributed by atoms with E-state index in [1.165, 1.54) is 6.07 Å². The van der Waals surface area contributed by atoms with Crippen LogP contribution in [0.1, 0.15) is 12.5 Å². The van der Waals surface area contributed by atoms with E-state index < -0.39 is 20.0 Å². The quantitative estimate of drug-likeness (QED) is 0.822. The second kappa shape index (κ2) is 4.66. The first-order valence-corrected chi connectivity index (χ1v) is 8.66. The molecule has 0 aliphatic heterocycles. The lowest BCUT2D eigenvalue weighted by molar-refractivity contribution is 0.590. The van der Waals surface area contributed by atoms with E-state index in [4.69, 9.17) is 0 Å². The van der Waals surface area contributed by atoms with E-state index in [0.29, 0.717) is 15.7 Å². The van der Waals surface area contributed by atoms with Crippen LogP contribution in [0.4, 0.5) is 5.69 Å². The second-order valence-corrected chi connectivity index (χ2v) is 7.60. The summed E-state index contributed by atoms with van der Waals surface area (Å²) in [6.07, 6.45) is 2.30. The third-order valence-electron chi connectivity index (χ3n) is 2.17. The summed E-state index contributed by atoms with van der Waals surface area (Å²) in [7, 11) is -7.73. The maximum absolute atomic E-state index is 11.6. The maximum atomic E-state index is 11.6. The average molecular weight is 277 g/mol. The molecule has 0 amide bonds. The molecule has 0 saturated carbocycles. The predicted octanol–water partition coefficient (Wildman–Crippen LogP) is 0.975. The van der Waals surface area contributed by atoms with Crippen LogP contribution < -0.4 is 3.71 Å². The normalized spacial score (nSPS) is 12.4. The molecule has 17 heavy (non-hydrogen) atoms. The molecule has 0 heterocycles. The molecule has 1 rings (SSSR count). The Hall–Kier alpha value is -1.08. The van der Waals surface area contributed by atoms with Gasteiger partial charge in [-0.3, -0.25) is 0 Å². The fourth-order valence-electron chi connectivity index (χ4n) is 1.59. The van der Waals surface area contributed by atoms with Crippen LogP contribution in [0.15, 0.2) is 24.3 Å². The number of sulfonamides is 2. The Balaban J connectivity index is 3.55. The lowest BCUT2D eigenvalue weighted by Gasteiger charge is -2.22. The van der Waals surface area contributed by atoms with E-state index in [-0.39, 0.29) is 5.69 Å². The molecule has 0 radical (unpaired) electrons. The minimum Gasteiger partial charge on any atom is -0.206 e. The molecule has 7 heteroatoms. The molecule has 5 nitrogen and oxygen atoms in total. The van der Waals surface area contributed by atoms with Crippen molar-refractivity contribution < 1.29 is 16.8 Å². The summed E-state index contributed by atoms with van der Waals surface area (Å²) in [5.41, 5.74) is 0.864. The number of para-hydroxylation sites is 1. The van der Waals surface area contributed by atoms with Crippen molar-refractivity contribution in [2.24, 2.45) is 0 Å². The number of rotatable bonds is 4. The Morgan fingerprint density at radius 3 is 1.88 bits per heavy atom. The van der Waals surface area contributed by atoms with E-state index in [1.807, 2.05) is 6.92 Å². The molecular formula is C10H15NO4S2. The van der Waals surface area contributed by atoms with Gasteiger partial charge in [-0.25, -0.2) is 16.8 Å². The Bertz CT molecular complexity index is 573. The first-order chi connectivity index (χ1) is 7.68. The van der Waals surface area contributed by atoms with Gasteiger partial charge in [-0.15, -0.1) is 0 Å². The standard InChI is InChI=1S/C10H15NO4S2/c1-4-9-7-5-6-8-10(9)11(16(2,12)13)17(3,14)15/h5-8H,4H2,1-3H3. The smallest absolute Gasteiger partial charge is 0.206 e. The van der Waals surface area contributed by atoms with Crippen LogP contribution in [0.3, 0.4) is 0 Å². The predicted molar refractivity (Wildman–Crippen MR) is 68.0 cm³/mol. The van der Waals surface area contributed by atoms with Crippen molar-refractivity contribution in [1.82, 2.24) is 0 Å². The lowest BCUT2D eigenvalue weighted by Crippen LogP contribution is -2.35. The summed E-state index contributed by atoms with van der Waals surface area (Å²) in [6.45, 7) is 1.83. The van der Waals surface area contributed by atoms with Gasteiger partial charge >= 0.3 is 0 Å². The molecule has 0 N–H and O–H groups in total. The van der Waals surface area contributed by atoms with Crippen molar-refractivity contribution in [2.75, 3.05) is 16.2 Å². The Morgan fingerprint density at radius 2 is 1.47 bits per heavy atom. The van der Waals surface area contributed by atoms with Crippen molar-refractivity contribution in [3.63, 3.8) is 0 Å². The minimum atomic E-state index is -3.86. The average Bonchev–Trinajstić information content (AvgIpc) is 2.14. The van der Waals surface area contributed by atoms with Gasteiger partial charge in [0.2, 0.25) is 20.0 Å². The Labute approximate surface area is 102 Å². The van der Waals surface area contributed by atoms with E-state index in [2.05, 4.69) is 0 Å². The highest BCUT2D eigenvalue weighted by atomic mass is 32.3. The molecule has 0 spiro atoms. The van der Waals surface area contributed by atoms with Gasteiger partial charge < -0.3 is 0 Å². The highest BCUT2D eigenvalue weighted by molar-refractivity contribution is 8.09. The van der Waals surface area contributed by atoms with Crippen molar-refractivity contribution in [3.8, 4) is 0 Å². The van der Waals surface area contributed by atoms with Gasteiger partial charge in [0.25, 0.3) is 0 Å². The monoisotopic (exact) mass is 277 g/mol. The molecular weight excluding hydrogens is 262 g/mol. The summed E-state index contributed by atoms with van der Waals surface area (Å²) in [5.74, 6) is 0. The van der Waals surface area contributed by atoms with Crippen LogP contribution in [0.25, 0.3) is 0 Å². The molecule has 0 saturated heterocycles. The molecule has 0 aliphatic carbocycles. The first kappa shape index (κ1) is 14.0. The maximum Gasteiger partial charge on any atom is 0.245 e. The van der Waals surface area contributed by atoms with E-state index in [1.54, 1.807) is 18.2 Å². The summed E-state index contributed by atoms with van der Waals surface area (Å²) in [4.78, 5) is 0. The number of nitrogens with zero attached hydrogens (tertiary/aromatic N) is 1. The van der Waals surface area contributed by atoms with Gasteiger partial charge in [0.1, 0.15) is 0 Å². The van der Waals surface area contributed by atoms with Crippen molar-refractivity contribution in [1.29, 1.82) is 0 Å². The van der Waals surface area contributed by atoms with E-state index >= 15 is 0 Å². The first-order valence-electron chi connectivity index (χ1n) is 4.96. The second-order valence-electron chi connectivity index (χ2n) is 3.71. The molecule has 1 aromatic rings. The summed E-state index contributed by atoms with van der Waals surface area (Å²) < 4.78 is 46.8. The van der Waals surface area contributed by atoms with Crippen LogP contribution >= 0.6 is 0 Å². The molecule has 1 aromatic carbocycles. The van der Waals surface area contributed by atoms with E-state index in [9.17, 15) is 16.8 Å². The topological polar surface area (TPSA) is 71.5 Å².